The van der Waals surface area contributed by atoms with Gasteiger partial charge in [0.25, 0.3) is 0 Å². The number of hydrogen-bond donors (Lipinski definition) is 1. The molecule has 1 aromatic rings. The second-order valence-electron chi connectivity index (χ2n) is 6.12. The SMILES string of the molecule is CN1CC2(CCCN(C(=O)Nc3cc(F)c(F)c(F)c3)C2)OC1=O. The molecule has 2 heterocycles. The van der Waals surface area contributed by atoms with Gasteiger partial charge in [-0.05, 0) is 12.8 Å². The van der Waals surface area contributed by atoms with Crippen molar-refractivity contribution >= 4 is 17.8 Å². The molecule has 1 spiro atoms. The van der Waals surface area contributed by atoms with Crippen molar-refractivity contribution < 1.29 is 27.5 Å². The van der Waals surface area contributed by atoms with E-state index < -0.39 is 35.2 Å². The first-order chi connectivity index (χ1) is 11.3. The lowest BCUT2D eigenvalue weighted by Gasteiger charge is -2.38. The van der Waals surface area contributed by atoms with Gasteiger partial charge < -0.3 is 19.9 Å². The number of nitrogens with zero attached hydrogens (tertiary/aromatic N) is 2. The highest BCUT2D eigenvalue weighted by molar-refractivity contribution is 5.89. The minimum Gasteiger partial charge on any atom is -0.439 e. The molecule has 130 valence electrons. The topological polar surface area (TPSA) is 61.9 Å². The number of piperidine rings is 1. The Kier molecular flexibility index (Phi) is 4.02. The predicted molar refractivity (Wildman–Crippen MR) is 78.0 cm³/mol. The third-order valence-corrected chi connectivity index (χ3v) is 4.20. The zero-order valence-electron chi connectivity index (χ0n) is 12.9. The van der Waals surface area contributed by atoms with Crippen LogP contribution < -0.4 is 5.32 Å². The van der Waals surface area contributed by atoms with E-state index in [-0.39, 0.29) is 12.2 Å². The van der Waals surface area contributed by atoms with Crippen molar-refractivity contribution in [3.8, 4) is 0 Å². The van der Waals surface area contributed by atoms with E-state index in [9.17, 15) is 22.8 Å². The average Bonchev–Trinajstić information content (AvgIpc) is 2.78. The van der Waals surface area contributed by atoms with Crippen molar-refractivity contribution in [2.75, 3.05) is 32.0 Å². The van der Waals surface area contributed by atoms with Gasteiger partial charge in [0.15, 0.2) is 17.5 Å². The van der Waals surface area contributed by atoms with Crippen molar-refractivity contribution in [1.29, 1.82) is 0 Å². The van der Waals surface area contributed by atoms with Crippen LogP contribution in [0.3, 0.4) is 0 Å². The number of rotatable bonds is 1. The zero-order chi connectivity index (χ0) is 17.5. The number of benzene rings is 1. The highest BCUT2D eigenvalue weighted by Crippen LogP contribution is 2.31. The fraction of sp³-hybridized carbons (Fsp3) is 0.467. The van der Waals surface area contributed by atoms with Gasteiger partial charge in [0.2, 0.25) is 0 Å². The molecule has 1 atom stereocenters. The second-order valence-corrected chi connectivity index (χ2v) is 6.12. The minimum absolute atomic E-state index is 0.182. The lowest BCUT2D eigenvalue weighted by atomic mass is 9.93. The molecule has 1 unspecified atom stereocenters. The molecule has 3 amide bonds. The fourth-order valence-corrected chi connectivity index (χ4v) is 3.11. The number of halogens is 3. The minimum atomic E-state index is -1.59. The molecular weight excluding hydrogens is 327 g/mol. The number of carbonyl (C=O) groups is 2. The van der Waals surface area contributed by atoms with Gasteiger partial charge in [-0.3, -0.25) is 0 Å². The Morgan fingerprint density at radius 2 is 1.92 bits per heavy atom. The Morgan fingerprint density at radius 1 is 1.25 bits per heavy atom. The zero-order valence-corrected chi connectivity index (χ0v) is 12.9. The number of hydrogen-bond acceptors (Lipinski definition) is 3. The summed E-state index contributed by atoms with van der Waals surface area (Å²) < 4.78 is 44.8. The van der Waals surface area contributed by atoms with Crippen LogP contribution in [-0.4, -0.2) is 54.2 Å². The Bertz CT molecular complexity index is 677. The molecule has 0 radical (unpaired) electrons. The van der Waals surface area contributed by atoms with E-state index in [1.165, 1.54) is 9.80 Å². The molecule has 3 rings (SSSR count). The Morgan fingerprint density at radius 3 is 2.50 bits per heavy atom. The molecule has 2 aliphatic rings. The van der Waals surface area contributed by atoms with Crippen LogP contribution in [0, 0.1) is 17.5 Å². The van der Waals surface area contributed by atoms with Crippen LogP contribution in [0.5, 0.6) is 0 Å². The summed E-state index contributed by atoms with van der Waals surface area (Å²) >= 11 is 0. The number of amides is 3. The normalized spacial score (nSPS) is 23.6. The quantitative estimate of drug-likeness (QED) is 0.797. The molecule has 2 saturated heterocycles. The first-order valence-electron chi connectivity index (χ1n) is 7.44. The van der Waals surface area contributed by atoms with Gasteiger partial charge in [-0.15, -0.1) is 0 Å². The summed E-state index contributed by atoms with van der Waals surface area (Å²) in [4.78, 5) is 26.7. The van der Waals surface area contributed by atoms with Gasteiger partial charge >= 0.3 is 12.1 Å². The maximum absolute atomic E-state index is 13.2. The van der Waals surface area contributed by atoms with Crippen LogP contribution in [0.15, 0.2) is 12.1 Å². The van der Waals surface area contributed by atoms with Crippen LogP contribution >= 0.6 is 0 Å². The number of nitrogens with one attached hydrogen (secondary N) is 1. The van der Waals surface area contributed by atoms with Crippen molar-refractivity contribution in [2.45, 2.75) is 18.4 Å². The molecule has 2 aliphatic heterocycles. The highest BCUT2D eigenvalue weighted by Gasteiger charge is 2.47. The van der Waals surface area contributed by atoms with Gasteiger partial charge in [0, 0.05) is 31.4 Å². The van der Waals surface area contributed by atoms with Crippen molar-refractivity contribution in [2.24, 2.45) is 0 Å². The number of ether oxygens (including phenoxy) is 1. The standard InChI is InChI=1S/C15H16F3N3O3/c1-20-7-15(24-14(20)23)3-2-4-21(8-15)13(22)19-9-5-10(16)12(18)11(17)6-9/h5-6H,2-4,7-8H2,1H3,(H,19,22). The summed E-state index contributed by atoms with van der Waals surface area (Å²) in [6, 6.07) is 0.823. The van der Waals surface area contributed by atoms with Crippen molar-refractivity contribution in [3.63, 3.8) is 0 Å². The largest absolute Gasteiger partial charge is 0.439 e. The Balaban J connectivity index is 1.70. The maximum Gasteiger partial charge on any atom is 0.410 e. The van der Waals surface area contributed by atoms with Gasteiger partial charge in [0.1, 0.15) is 5.60 Å². The van der Waals surface area contributed by atoms with Gasteiger partial charge in [0.05, 0.1) is 13.1 Å². The molecule has 1 aromatic carbocycles. The number of anilines is 1. The van der Waals surface area contributed by atoms with Crippen LogP contribution in [0.25, 0.3) is 0 Å². The smallest absolute Gasteiger partial charge is 0.410 e. The Hall–Kier alpha value is -2.45. The molecular formula is C15H16F3N3O3. The first kappa shape index (κ1) is 16.4. The first-order valence-corrected chi connectivity index (χ1v) is 7.44. The summed E-state index contributed by atoms with van der Waals surface area (Å²) in [5, 5.41) is 2.34. The third kappa shape index (κ3) is 2.98. The summed E-state index contributed by atoms with van der Waals surface area (Å²) in [5.41, 5.74) is -0.947. The van der Waals surface area contributed by atoms with E-state index >= 15 is 0 Å². The number of likely N-dealkylation sites (tertiary alicyclic amines) is 1. The lowest BCUT2D eigenvalue weighted by Crippen LogP contribution is -2.53. The van der Waals surface area contributed by atoms with Crippen molar-refractivity contribution in [1.82, 2.24) is 9.80 Å². The predicted octanol–water partition coefficient (Wildman–Crippen LogP) is 2.55. The van der Waals surface area contributed by atoms with Crippen LogP contribution in [0.2, 0.25) is 0 Å². The van der Waals surface area contributed by atoms with E-state index in [2.05, 4.69) is 5.32 Å². The molecule has 9 heteroatoms. The van der Waals surface area contributed by atoms with E-state index in [0.717, 1.165) is 0 Å². The molecule has 2 fully saturated rings. The van der Waals surface area contributed by atoms with E-state index in [4.69, 9.17) is 4.74 Å². The molecule has 0 saturated carbocycles. The van der Waals surface area contributed by atoms with Gasteiger partial charge in [-0.25, -0.2) is 22.8 Å². The van der Waals surface area contributed by atoms with E-state index in [1.807, 2.05) is 0 Å². The number of carbonyl (C=O) groups excluding carboxylic acids is 2. The molecule has 24 heavy (non-hydrogen) atoms. The molecule has 0 aromatic heterocycles. The van der Waals surface area contributed by atoms with Crippen LogP contribution in [0.1, 0.15) is 12.8 Å². The van der Waals surface area contributed by atoms with Crippen LogP contribution in [-0.2, 0) is 4.74 Å². The third-order valence-electron chi connectivity index (χ3n) is 4.20. The molecule has 0 bridgehead atoms. The maximum atomic E-state index is 13.2. The van der Waals surface area contributed by atoms with Crippen molar-refractivity contribution in [3.05, 3.63) is 29.6 Å². The van der Waals surface area contributed by atoms with E-state index in [0.29, 0.717) is 38.1 Å². The molecule has 6 nitrogen and oxygen atoms in total. The molecule has 0 aliphatic carbocycles. The highest BCUT2D eigenvalue weighted by atomic mass is 19.2. The number of urea groups is 1. The van der Waals surface area contributed by atoms with Gasteiger partial charge in [-0.1, -0.05) is 0 Å². The summed E-state index contributed by atoms with van der Waals surface area (Å²) in [6.07, 6.45) is 0.813. The fourth-order valence-electron chi connectivity index (χ4n) is 3.11. The monoisotopic (exact) mass is 343 g/mol. The van der Waals surface area contributed by atoms with E-state index in [1.54, 1.807) is 7.05 Å². The lowest BCUT2D eigenvalue weighted by molar-refractivity contribution is 0.00497. The average molecular weight is 343 g/mol. The second kappa shape index (κ2) is 5.88. The molecule has 1 N–H and O–H groups in total. The number of likely N-dealkylation sites (N-methyl/N-ethyl adjacent to an activating group) is 1. The Labute approximate surface area is 136 Å². The van der Waals surface area contributed by atoms with Gasteiger partial charge in [-0.2, -0.15) is 0 Å². The summed E-state index contributed by atoms with van der Waals surface area (Å²) in [6.45, 7) is 0.970. The summed E-state index contributed by atoms with van der Waals surface area (Å²) in [5.74, 6) is -4.36. The summed E-state index contributed by atoms with van der Waals surface area (Å²) in [7, 11) is 1.61. The van der Waals surface area contributed by atoms with Crippen LogP contribution in [0.4, 0.5) is 28.4 Å².